The topological polar surface area (TPSA) is 9.23 Å². The standard InChI is InChI=1S/C29H29F3O/c1-3-4-5-6-20-8-16-27(33-18-20)23-13-15-24(26(30)17-23)21-9-11-22(12-10-21)25-14-7-19(2)28(31)29(25)32/h3-4,7,9-15,17,20,27H,5-6,8,16,18H2,1-2H3/b4-3+. The fourth-order valence-electron chi connectivity index (χ4n) is 4.46. The molecule has 0 saturated carbocycles. The van der Waals surface area contributed by atoms with Crippen LogP contribution in [0.2, 0.25) is 0 Å². The van der Waals surface area contributed by atoms with E-state index in [0.29, 0.717) is 29.2 Å². The van der Waals surface area contributed by atoms with Gasteiger partial charge in [-0.3, -0.25) is 0 Å². The second-order valence-electron chi connectivity index (χ2n) is 8.79. The zero-order chi connectivity index (χ0) is 23.4. The molecule has 1 aliphatic heterocycles. The van der Waals surface area contributed by atoms with Crippen LogP contribution in [0, 0.1) is 30.3 Å². The Morgan fingerprint density at radius 3 is 2.21 bits per heavy atom. The molecule has 0 aromatic heterocycles. The lowest BCUT2D eigenvalue weighted by atomic mass is 9.90. The Morgan fingerprint density at radius 2 is 1.58 bits per heavy atom. The van der Waals surface area contributed by atoms with Gasteiger partial charge in [-0.25, -0.2) is 13.2 Å². The lowest BCUT2D eigenvalue weighted by molar-refractivity contribution is -0.0191. The van der Waals surface area contributed by atoms with Gasteiger partial charge in [-0.2, -0.15) is 0 Å². The zero-order valence-corrected chi connectivity index (χ0v) is 19.1. The summed E-state index contributed by atoms with van der Waals surface area (Å²) in [5.41, 5.74) is 3.02. The molecule has 3 aromatic rings. The van der Waals surface area contributed by atoms with E-state index in [1.807, 2.05) is 13.0 Å². The lowest BCUT2D eigenvalue weighted by Crippen LogP contribution is -2.20. The molecule has 33 heavy (non-hydrogen) atoms. The first-order chi connectivity index (χ1) is 16.0. The first-order valence-corrected chi connectivity index (χ1v) is 11.6. The van der Waals surface area contributed by atoms with Crippen molar-refractivity contribution in [1.29, 1.82) is 0 Å². The Kier molecular flexibility index (Phi) is 7.34. The minimum Gasteiger partial charge on any atom is -0.373 e. The molecule has 0 spiro atoms. The van der Waals surface area contributed by atoms with Crippen LogP contribution in [0.5, 0.6) is 0 Å². The maximum absolute atomic E-state index is 15.0. The molecule has 2 unspecified atom stereocenters. The van der Waals surface area contributed by atoms with Crippen LogP contribution < -0.4 is 0 Å². The molecule has 1 heterocycles. The maximum atomic E-state index is 15.0. The van der Waals surface area contributed by atoms with Crippen LogP contribution in [0.3, 0.4) is 0 Å². The lowest BCUT2D eigenvalue weighted by Gasteiger charge is -2.29. The highest BCUT2D eigenvalue weighted by molar-refractivity contribution is 5.71. The van der Waals surface area contributed by atoms with Gasteiger partial charge in [-0.05, 0) is 73.8 Å². The van der Waals surface area contributed by atoms with E-state index in [9.17, 15) is 13.2 Å². The van der Waals surface area contributed by atoms with E-state index in [1.165, 1.54) is 6.92 Å². The van der Waals surface area contributed by atoms with Gasteiger partial charge in [0.2, 0.25) is 0 Å². The number of hydrogen-bond acceptors (Lipinski definition) is 1. The van der Waals surface area contributed by atoms with E-state index in [4.69, 9.17) is 4.74 Å². The molecule has 0 amide bonds. The van der Waals surface area contributed by atoms with Gasteiger partial charge in [0, 0.05) is 11.1 Å². The van der Waals surface area contributed by atoms with Gasteiger partial charge in [0.25, 0.3) is 0 Å². The summed E-state index contributed by atoms with van der Waals surface area (Å²) < 4.78 is 49.3. The van der Waals surface area contributed by atoms with Gasteiger partial charge in [0.1, 0.15) is 5.82 Å². The molecule has 3 aromatic carbocycles. The highest BCUT2D eigenvalue weighted by Gasteiger charge is 2.23. The second-order valence-corrected chi connectivity index (χ2v) is 8.79. The molecule has 172 valence electrons. The fourth-order valence-corrected chi connectivity index (χ4v) is 4.46. The van der Waals surface area contributed by atoms with Gasteiger partial charge in [-0.15, -0.1) is 0 Å². The molecule has 2 atom stereocenters. The van der Waals surface area contributed by atoms with E-state index < -0.39 is 11.6 Å². The quantitative estimate of drug-likeness (QED) is 0.342. The number of rotatable bonds is 6. The maximum Gasteiger partial charge on any atom is 0.166 e. The van der Waals surface area contributed by atoms with Crippen molar-refractivity contribution >= 4 is 0 Å². The number of aryl methyl sites for hydroxylation is 1. The fraction of sp³-hybridized carbons (Fsp3) is 0.310. The zero-order valence-electron chi connectivity index (χ0n) is 19.1. The third-order valence-electron chi connectivity index (χ3n) is 6.49. The molecule has 4 heteroatoms. The number of benzene rings is 3. The predicted octanol–water partition coefficient (Wildman–Crippen LogP) is 8.57. The Balaban J connectivity index is 1.46. The third kappa shape index (κ3) is 5.22. The van der Waals surface area contributed by atoms with Crippen molar-refractivity contribution < 1.29 is 17.9 Å². The molecule has 0 bridgehead atoms. The Hall–Kier alpha value is -2.85. The van der Waals surface area contributed by atoms with Gasteiger partial charge in [0.15, 0.2) is 11.6 Å². The van der Waals surface area contributed by atoms with Crippen LogP contribution in [0.4, 0.5) is 13.2 Å². The Morgan fingerprint density at radius 1 is 0.879 bits per heavy atom. The van der Waals surface area contributed by atoms with Crippen molar-refractivity contribution in [3.05, 3.63) is 95.3 Å². The van der Waals surface area contributed by atoms with Gasteiger partial charge in [0.05, 0.1) is 12.7 Å². The summed E-state index contributed by atoms with van der Waals surface area (Å²) in [6, 6.07) is 15.2. The van der Waals surface area contributed by atoms with E-state index in [2.05, 4.69) is 12.2 Å². The van der Waals surface area contributed by atoms with Gasteiger partial charge < -0.3 is 4.74 Å². The smallest absolute Gasteiger partial charge is 0.166 e. The van der Waals surface area contributed by atoms with E-state index in [0.717, 1.165) is 31.2 Å². The summed E-state index contributed by atoms with van der Waals surface area (Å²) >= 11 is 0. The van der Waals surface area contributed by atoms with Crippen molar-refractivity contribution in [2.24, 2.45) is 5.92 Å². The molecule has 1 aliphatic rings. The normalized spacial score (nSPS) is 18.7. The van der Waals surface area contributed by atoms with Gasteiger partial charge in [-0.1, -0.05) is 60.7 Å². The SMILES string of the molecule is C/C=C/CCC1CCC(c2ccc(-c3ccc(-c4ccc(C)c(F)c4F)cc3)c(F)c2)OC1. The molecule has 0 radical (unpaired) electrons. The largest absolute Gasteiger partial charge is 0.373 e. The van der Waals surface area contributed by atoms with Crippen LogP contribution in [-0.2, 0) is 4.74 Å². The average Bonchev–Trinajstić information content (AvgIpc) is 2.83. The Bertz CT molecular complexity index is 1130. The molecule has 4 rings (SSSR count). The van der Waals surface area contributed by atoms with Crippen molar-refractivity contribution in [1.82, 2.24) is 0 Å². The Labute approximate surface area is 193 Å². The molecule has 1 saturated heterocycles. The van der Waals surface area contributed by atoms with Crippen molar-refractivity contribution in [2.75, 3.05) is 6.61 Å². The molecule has 0 aliphatic carbocycles. The highest BCUT2D eigenvalue weighted by atomic mass is 19.2. The van der Waals surface area contributed by atoms with Crippen LogP contribution >= 0.6 is 0 Å². The summed E-state index contributed by atoms with van der Waals surface area (Å²) in [6.07, 6.45) is 8.36. The number of hydrogen-bond donors (Lipinski definition) is 0. The van der Waals surface area contributed by atoms with E-state index >= 15 is 0 Å². The van der Waals surface area contributed by atoms with Gasteiger partial charge >= 0.3 is 0 Å². The summed E-state index contributed by atoms with van der Waals surface area (Å²) in [6.45, 7) is 4.27. The number of halogens is 3. The third-order valence-corrected chi connectivity index (χ3v) is 6.49. The monoisotopic (exact) mass is 450 g/mol. The van der Waals surface area contributed by atoms with E-state index in [-0.39, 0.29) is 23.0 Å². The summed E-state index contributed by atoms with van der Waals surface area (Å²) in [5.74, 6) is -1.46. The molecular weight excluding hydrogens is 421 g/mol. The summed E-state index contributed by atoms with van der Waals surface area (Å²) in [5, 5.41) is 0. The van der Waals surface area contributed by atoms with Crippen LogP contribution in [0.25, 0.3) is 22.3 Å². The van der Waals surface area contributed by atoms with Crippen LogP contribution in [0.1, 0.15) is 49.8 Å². The molecular formula is C29H29F3O. The molecule has 1 fully saturated rings. The predicted molar refractivity (Wildman–Crippen MR) is 127 cm³/mol. The first kappa shape index (κ1) is 23.3. The number of allylic oxidation sites excluding steroid dienone is 2. The second kappa shape index (κ2) is 10.4. The summed E-state index contributed by atoms with van der Waals surface area (Å²) in [4.78, 5) is 0. The first-order valence-electron chi connectivity index (χ1n) is 11.6. The van der Waals surface area contributed by atoms with Crippen LogP contribution in [0.15, 0.2) is 66.7 Å². The molecule has 1 nitrogen and oxygen atoms in total. The van der Waals surface area contributed by atoms with Crippen molar-refractivity contribution in [2.45, 2.75) is 45.6 Å². The number of ether oxygens (including phenoxy) is 1. The van der Waals surface area contributed by atoms with Crippen molar-refractivity contribution in [3.8, 4) is 22.3 Å². The average molecular weight is 451 g/mol. The molecule has 0 N–H and O–H groups in total. The van der Waals surface area contributed by atoms with Crippen molar-refractivity contribution in [3.63, 3.8) is 0 Å². The summed E-state index contributed by atoms with van der Waals surface area (Å²) in [7, 11) is 0. The minimum atomic E-state index is -0.866. The minimum absolute atomic E-state index is 0.0756. The highest BCUT2D eigenvalue weighted by Crippen LogP contribution is 2.35. The van der Waals surface area contributed by atoms with Crippen LogP contribution in [-0.4, -0.2) is 6.61 Å². The van der Waals surface area contributed by atoms with E-state index in [1.54, 1.807) is 48.5 Å².